The number of carbonyl (C=O) groups is 4. The van der Waals surface area contributed by atoms with Gasteiger partial charge in [0.15, 0.2) is 17.8 Å². The Kier molecular flexibility index (Phi) is 12.9. The Morgan fingerprint density at radius 2 is 1.74 bits per heavy atom. The van der Waals surface area contributed by atoms with Gasteiger partial charge in [-0.1, -0.05) is 19.0 Å². The number of rotatable bonds is 15. The lowest BCUT2D eigenvalue weighted by molar-refractivity contribution is -0.145. The Hall–Kier alpha value is -3.99. The monoisotopic (exact) mass is 542 g/mol. The van der Waals surface area contributed by atoms with Crippen molar-refractivity contribution >= 4 is 29.8 Å². The minimum absolute atomic E-state index is 0.0193. The molecule has 0 aliphatic rings. The SMILES string of the molecule is CC(=O)NC(CN=C(N)N)C[C@H](N)c1noc(CNC(=O)NC(CC(C)C)C(=O)NC(C(=O)O)C(C)O)n1. The number of aliphatic hydroxyl groups is 1. The van der Waals surface area contributed by atoms with Crippen molar-refractivity contribution in [3.63, 3.8) is 0 Å². The molecule has 1 rings (SSSR count). The number of urea groups is 1. The Labute approximate surface area is 219 Å². The number of nitrogens with one attached hydrogen (secondary N) is 4. The lowest BCUT2D eigenvalue weighted by Crippen LogP contribution is -2.56. The van der Waals surface area contributed by atoms with Crippen LogP contribution in [0, 0.1) is 5.92 Å². The summed E-state index contributed by atoms with van der Waals surface area (Å²) in [5.41, 5.74) is 16.8. The maximum atomic E-state index is 12.6. The molecular weight excluding hydrogens is 504 g/mol. The molecule has 0 saturated carbocycles. The van der Waals surface area contributed by atoms with Crippen molar-refractivity contribution in [2.75, 3.05) is 6.54 Å². The van der Waals surface area contributed by atoms with Crippen LogP contribution in [0.25, 0.3) is 0 Å². The molecule has 0 spiro atoms. The fraction of sp³-hybridized carbons (Fsp3) is 0.667. The van der Waals surface area contributed by atoms with Crippen LogP contribution in [0.1, 0.15) is 58.3 Å². The van der Waals surface area contributed by atoms with Crippen LogP contribution in [-0.2, 0) is 20.9 Å². The van der Waals surface area contributed by atoms with Gasteiger partial charge in [-0.25, -0.2) is 9.59 Å². The molecule has 1 heterocycles. The van der Waals surface area contributed by atoms with E-state index in [0.717, 1.165) is 0 Å². The summed E-state index contributed by atoms with van der Waals surface area (Å²) in [6.45, 7) is 6.10. The molecule has 0 aliphatic heterocycles. The van der Waals surface area contributed by atoms with E-state index in [2.05, 4.69) is 36.4 Å². The van der Waals surface area contributed by atoms with Crippen LogP contribution in [0.4, 0.5) is 4.79 Å². The number of aliphatic hydroxyl groups excluding tert-OH is 1. The van der Waals surface area contributed by atoms with E-state index in [1.807, 2.05) is 13.8 Å². The summed E-state index contributed by atoms with van der Waals surface area (Å²) < 4.78 is 5.11. The van der Waals surface area contributed by atoms with Crippen LogP contribution in [0.2, 0.25) is 0 Å². The van der Waals surface area contributed by atoms with Gasteiger partial charge < -0.3 is 53.2 Å². The first-order valence-corrected chi connectivity index (χ1v) is 11.9. The molecule has 0 aromatic carbocycles. The molecule has 1 aromatic heterocycles. The van der Waals surface area contributed by atoms with Gasteiger partial charge in [0.2, 0.25) is 17.7 Å². The maximum absolute atomic E-state index is 12.6. The number of carboxylic acids is 1. The third-order valence-corrected chi connectivity index (χ3v) is 5.03. The lowest BCUT2D eigenvalue weighted by atomic mass is 10.0. The first-order valence-electron chi connectivity index (χ1n) is 11.9. The third-order valence-electron chi connectivity index (χ3n) is 5.03. The fourth-order valence-corrected chi connectivity index (χ4v) is 3.30. The first kappa shape index (κ1) is 32.0. The summed E-state index contributed by atoms with van der Waals surface area (Å²) in [6.07, 6.45) is -0.942. The summed E-state index contributed by atoms with van der Waals surface area (Å²) in [4.78, 5) is 55.7. The van der Waals surface area contributed by atoms with Gasteiger partial charge in [0, 0.05) is 6.92 Å². The number of guanidine groups is 1. The molecule has 0 saturated heterocycles. The zero-order valence-corrected chi connectivity index (χ0v) is 21.8. The topological polar surface area (TPSA) is 286 Å². The molecule has 38 heavy (non-hydrogen) atoms. The van der Waals surface area contributed by atoms with Gasteiger partial charge in [0.1, 0.15) is 6.04 Å². The molecule has 17 nitrogen and oxygen atoms in total. The number of nitrogens with two attached hydrogens (primary N) is 3. The maximum Gasteiger partial charge on any atom is 0.328 e. The zero-order chi connectivity index (χ0) is 29.0. The number of amides is 4. The van der Waals surface area contributed by atoms with Crippen LogP contribution < -0.4 is 38.5 Å². The van der Waals surface area contributed by atoms with Gasteiger partial charge in [-0.05, 0) is 25.7 Å². The molecule has 0 fully saturated rings. The number of hydrogen-bond acceptors (Lipinski definition) is 10. The highest BCUT2D eigenvalue weighted by Crippen LogP contribution is 2.13. The predicted molar refractivity (Wildman–Crippen MR) is 134 cm³/mol. The second-order valence-corrected chi connectivity index (χ2v) is 9.13. The summed E-state index contributed by atoms with van der Waals surface area (Å²) in [5, 5.41) is 32.4. The van der Waals surface area contributed by atoms with E-state index in [1.165, 1.54) is 13.8 Å². The van der Waals surface area contributed by atoms with Gasteiger partial charge in [-0.3, -0.25) is 14.6 Å². The molecular formula is C21H38N10O7. The van der Waals surface area contributed by atoms with Gasteiger partial charge in [-0.15, -0.1) is 0 Å². The smallest absolute Gasteiger partial charge is 0.328 e. The predicted octanol–water partition coefficient (Wildman–Crippen LogP) is -2.60. The van der Waals surface area contributed by atoms with E-state index in [-0.39, 0.29) is 55.4 Å². The molecule has 0 radical (unpaired) electrons. The normalized spacial score (nSPS) is 14.9. The van der Waals surface area contributed by atoms with Crippen LogP contribution in [-0.4, -0.2) is 80.9 Å². The van der Waals surface area contributed by atoms with Crippen molar-refractivity contribution < 1.29 is 33.9 Å². The van der Waals surface area contributed by atoms with E-state index in [9.17, 15) is 29.4 Å². The average molecular weight is 543 g/mol. The highest BCUT2D eigenvalue weighted by Gasteiger charge is 2.30. The average Bonchev–Trinajstić information content (AvgIpc) is 3.27. The molecule has 4 unspecified atom stereocenters. The standard InChI is InChI=1S/C21H38N10O7/c1-9(2)5-14(18(34)30-16(10(3)32)19(35)36)28-21(37)26-8-15-29-17(31-38-15)13(22)6-12(27-11(4)33)7-25-20(23)24/h9-10,12-14,16,32H,5-8,22H2,1-4H3,(H,27,33)(H,30,34)(H,35,36)(H4,23,24,25)(H2,26,28,37)/t10?,12?,13-,14?,16?/m0/s1. The number of aliphatic carboxylic acids is 1. The Morgan fingerprint density at radius 1 is 1.08 bits per heavy atom. The quantitative estimate of drug-likeness (QED) is 0.0814. The first-order chi connectivity index (χ1) is 17.7. The summed E-state index contributed by atoms with van der Waals surface area (Å²) in [7, 11) is 0. The Balaban J connectivity index is 2.75. The van der Waals surface area contributed by atoms with Crippen molar-refractivity contribution in [2.24, 2.45) is 28.1 Å². The molecule has 0 aliphatic carbocycles. The minimum Gasteiger partial charge on any atom is -0.480 e. The van der Waals surface area contributed by atoms with E-state index < -0.39 is 48.2 Å². The number of nitrogens with zero attached hydrogens (tertiary/aromatic N) is 3. The van der Waals surface area contributed by atoms with E-state index in [1.54, 1.807) is 0 Å². The van der Waals surface area contributed by atoms with Crippen molar-refractivity contribution in [3.05, 3.63) is 11.7 Å². The van der Waals surface area contributed by atoms with Crippen LogP contribution in [0.3, 0.4) is 0 Å². The Bertz CT molecular complexity index is 977. The molecule has 12 N–H and O–H groups in total. The lowest BCUT2D eigenvalue weighted by Gasteiger charge is -2.23. The van der Waals surface area contributed by atoms with E-state index in [0.29, 0.717) is 0 Å². The van der Waals surface area contributed by atoms with Crippen LogP contribution in [0.15, 0.2) is 9.52 Å². The highest BCUT2D eigenvalue weighted by atomic mass is 16.5. The van der Waals surface area contributed by atoms with Crippen molar-refractivity contribution in [1.82, 2.24) is 31.4 Å². The molecule has 214 valence electrons. The number of aromatic nitrogens is 2. The Morgan fingerprint density at radius 3 is 2.26 bits per heavy atom. The van der Waals surface area contributed by atoms with Crippen molar-refractivity contribution in [1.29, 1.82) is 0 Å². The molecule has 1 aromatic rings. The largest absolute Gasteiger partial charge is 0.480 e. The van der Waals surface area contributed by atoms with Crippen molar-refractivity contribution in [3.8, 4) is 0 Å². The van der Waals surface area contributed by atoms with Crippen LogP contribution >= 0.6 is 0 Å². The minimum atomic E-state index is -1.53. The molecule has 5 atom stereocenters. The fourth-order valence-electron chi connectivity index (χ4n) is 3.30. The molecule has 4 amide bonds. The van der Waals surface area contributed by atoms with Gasteiger partial charge in [0.25, 0.3) is 0 Å². The van der Waals surface area contributed by atoms with E-state index in [4.69, 9.17) is 21.7 Å². The van der Waals surface area contributed by atoms with Crippen molar-refractivity contribution in [2.45, 2.75) is 77.4 Å². The highest BCUT2D eigenvalue weighted by molar-refractivity contribution is 5.90. The summed E-state index contributed by atoms with van der Waals surface area (Å²) in [6, 6.07) is -4.59. The summed E-state index contributed by atoms with van der Waals surface area (Å²) >= 11 is 0. The van der Waals surface area contributed by atoms with Gasteiger partial charge >= 0.3 is 12.0 Å². The number of hydrogen-bond donors (Lipinski definition) is 9. The second kappa shape index (κ2) is 15.3. The summed E-state index contributed by atoms with van der Waals surface area (Å²) in [5.74, 6) is -2.49. The molecule has 0 bridgehead atoms. The van der Waals surface area contributed by atoms with Crippen LogP contribution in [0.5, 0.6) is 0 Å². The number of carboxylic acid groups (broad SMARTS) is 1. The number of aliphatic imine (C=N–C) groups is 1. The van der Waals surface area contributed by atoms with Gasteiger partial charge in [-0.2, -0.15) is 4.98 Å². The third kappa shape index (κ3) is 11.8. The molecule has 17 heteroatoms. The zero-order valence-electron chi connectivity index (χ0n) is 21.8. The van der Waals surface area contributed by atoms with Gasteiger partial charge in [0.05, 0.1) is 31.3 Å². The van der Waals surface area contributed by atoms with E-state index >= 15 is 0 Å². The number of carbonyl (C=O) groups excluding carboxylic acids is 3. The second-order valence-electron chi connectivity index (χ2n) is 9.13.